The van der Waals surface area contributed by atoms with Crippen molar-refractivity contribution in [2.45, 2.75) is 18.9 Å². The van der Waals surface area contributed by atoms with E-state index < -0.39 is 0 Å². The molecular formula is C18H22BrCl2N3O2. The molecule has 1 unspecified atom stereocenters. The van der Waals surface area contributed by atoms with E-state index in [-0.39, 0.29) is 30.7 Å². The molecule has 1 saturated heterocycles. The summed E-state index contributed by atoms with van der Waals surface area (Å²) in [7, 11) is 1.94. The van der Waals surface area contributed by atoms with Crippen LogP contribution in [0.4, 0.5) is 0 Å². The number of rotatable bonds is 4. The zero-order valence-electron chi connectivity index (χ0n) is 14.4. The number of likely N-dealkylation sites (tertiary alicyclic amines) is 1. The fourth-order valence-electron chi connectivity index (χ4n) is 2.84. The van der Waals surface area contributed by atoms with Gasteiger partial charge in [0.05, 0.1) is 0 Å². The Labute approximate surface area is 174 Å². The van der Waals surface area contributed by atoms with Gasteiger partial charge in [-0.05, 0) is 50.2 Å². The Bertz CT molecular complexity index is 733. The third-order valence-corrected chi connectivity index (χ3v) is 4.62. The van der Waals surface area contributed by atoms with Crippen LogP contribution in [0.25, 0.3) is 0 Å². The number of halogens is 3. The molecule has 2 heterocycles. The van der Waals surface area contributed by atoms with Crippen molar-refractivity contribution in [3.05, 3.63) is 52.6 Å². The maximum atomic E-state index is 12.9. The van der Waals surface area contributed by atoms with Crippen molar-refractivity contribution >= 4 is 46.7 Å². The maximum Gasteiger partial charge on any atom is 0.259 e. The van der Waals surface area contributed by atoms with Gasteiger partial charge in [0.2, 0.25) is 5.88 Å². The van der Waals surface area contributed by atoms with Gasteiger partial charge in [0.25, 0.3) is 5.91 Å². The number of likely N-dealkylation sites (N-methyl/N-ethyl adjacent to an activating group) is 1. The standard InChI is InChI=1S/C18H20BrN3O2.2ClH/c1-20-14-6-4-10-22(12-14)18(23)16-8-3-9-21-17(16)24-15-7-2-5-13(19)11-15;;/h2-3,5,7-9,11,14,20H,4,6,10,12H2,1H3;2*1H. The first kappa shape index (κ1) is 22.7. The molecule has 1 aromatic heterocycles. The highest BCUT2D eigenvalue weighted by Gasteiger charge is 2.26. The van der Waals surface area contributed by atoms with Crippen LogP contribution in [0.1, 0.15) is 23.2 Å². The summed E-state index contributed by atoms with van der Waals surface area (Å²) in [6.07, 6.45) is 3.73. The van der Waals surface area contributed by atoms with Gasteiger partial charge >= 0.3 is 0 Å². The summed E-state index contributed by atoms with van der Waals surface area (Å²) in [5.74, 6) is 0.948. The summed E-state index contributed by atoms with van der Waals surface area (Å²) in [6, 6.07) is 11.4. The molecule has 142 valence electrons. The van der Waals surface area contributed by atoms with Crippen molar-refractivity contribution in [3.63, 3.8) is 0 Å². The number of aromatic nitrogens is 1. The highest BCUT2D eigenvalue weighted by Crippen LogP contribution is 2.27. The molecule has 1 atom stereocenters. The predicted octanol–water partition coefficient (Wildman–Crippen LogP) is 4.30. The molecular weight excluding hydrogens is 441 g/mol. The number of hydrogen-bond donors (Lipinski definition) is 1. The minimum atomic E-state index is -0.0342. The second-order valence-corrected chi connectivity index (χ2v) is 6.71. The number of ether oxygens (including phenoxy) is 1. The Morgan fingerprint density at radius 2 is 2.12 bits per heavy atom. The van der Waals surface area contributed by atoms with Crippen LogP contribution in [0.2, 0.25) is 0 Å². The Hall–Kier alpha value is -1.34. The van der Waals surface area contributed by atoms with Crippen LogP contribution in [0.3, 0.4) is 0 Å². The fourth-order valence-corrected chi connectivity index (χ4v) is 3.22. The molecule has 1 amide bonds. The van der Waals surface area contributed by atoms with Crippen molar-refractivity contribution in [2.24, 2.45) is 0 Å². The van der Waals surface area contributed by atoms with E-state index in [2.05, 4.69) is 26.2 Å². The van der Waals surface area contributed by atoms with Gasteiger partial charge in [-0.1, -0.05) is 22.0 Å². The summed E-state index contributed by atoms with van der Waals surface area (Å²) >= 11 is 3.42. The van der Waals surface area contributed by atoms with E-state index in [4.69, 9.17) is 4.74 Å². The number of carbonyl (C=O) groups is 1. The molecule has 0 aliphatic carbocycles. The molecule has 1 fully saturated rings. The second kappa shape index (κ2) is 10.7. The van der Waals surface area contributed by atoms with Crippen LogP contribution in [0, 0.1) is 0 Å². The lowest BCUT2D eigenvalue weighted by atomic mass is 10.0. The smallest absolute Gasteiger partial charge is 0.259 e. The lowest BCUT2D eigenvalue weighted by molar-refractivity contribution is 0.0695. The molecule has 1 N–H and O–H groups in total. The minimum absolute atomic E-state index is 0. The molecule has 5 nitrogen and oxygen atoms in total. The topological polar surface area (TPSA) is 54.5 Å². The van der Waals surface area contributed by atoms with Crippen molar-refractivity contribution in [2.75, 3.05) is 20.1 Å². The summed E-state index contributed by atoms with van der Waals surface area (Å²) in [4.78, 5) is 19.0. The van der Waals surface area contributed by atoms with E-state index in [1.54, 1.807) is 18.3 Å². The van der Waals surface area contributed by atoms with Gasteiger partial charge in [-0.3, -0.25) is 4.79 Å². The molecule has 8 heteroatoms. The van der Waals surface area contributed by atoms with Gasteiger partial charge in [0.1, 0.15) is 11.3 Å². The van der Waals surface area contributed by atoms with E-state index in [1.807, 2.05) is 36.2 Å². The van der Waals surface area contributed by atoms with E-state index in [9.17, 15) is 4.79 Å². The second-order valence-electron chi connectivity index (χ2n) is 5.79. The first-order valence-electron chi connectivity index (χ1n) is 8.02. The summed E-state index contributed by atoms with van der Waals surface area (Å²) in [5.41, 5.74) is 0.495. The molecule has 1 aliphatic heterocycles. The Balaban J connectivity index is 0.00000169. The van der Waals surface area contributed by atoms with Gasteiger partial charge in [0.15, 0.2) is 0 Å². The van der Waals surface area contributed by atoms with Crippen molar-refractivity contribution < 1.29 is 9.53 Å². The van der Waals surface area contributed by atoms with E-state index in [1.165, 1.54) is 0 Å². The van der Waals surface area contributed by atoms with Crippen LogP contribution >= 0.6 is 40.7 Å². The lowest BCUT2D eigenvalue weighted by Crippen LogP contribution is -2.47. The van der Waals surface area contributed by atoms with Crippen molar-refractivity contribution in [1.29, 1.82) is 0 Å². The average molecular weight is 463 g/mol. The van der Waals surface area contributed by atoms with Gasteiger partial charge in [-0.15, -0.1) is 24.8 Å². The lowest BCUT2D eigenvalue weighted by Gasteiger charge is -2.32. The number of nitrogens with zero attached hydrogens (tertiary/aromatic N) is 2. The van der Waals surface area contributed by atoms with Gasteiger partial charge in [-0.25, -0.2) is 4.98 Å². The molecule has 0 bridgehead atoms. The van der Waals surface area contributed by atoms with Crippen LogP contribution < -0.4 is 10.1 Å². The molecule has 0 spiro atoms. The Morgan fingerprint density at radius 3 is 2.85 bits per heavy atom. The van der Waals surface area contributed by atoms with Gasteiger partial charge < -0.3 is 15.0 Å². The SMILES string of the molecule is CNC1CCCN(C(=O)c2cccnc2Oc2cccc(Br)c2)C1.Cl.Cl. The number of amides is 1. The molecule has 0 saturated carbocycles. The van der Waals surface area contributed by atoms with Crippen LogP contribution in [-0.2, 0) is 0 Å². The highest BCUT2D eigenvalue weighted by atomic mass is 79.9. The maximum absolute atomic E-state index is 12.9. The minimum Gasteiger partial charge on any atom is -0.438 e. The normalized spacial score (nSPS) is 16.2. The zero-order chi connectivity index (χ0) is 16.9. The summed E-state index contributed by atoms with van der Waals surface area (Å²) in [6.45, 7) is 1.47. The Morgan fingerprint density at radius 1 is 1.31 bits per heavy atom. The van der Waals surface area contributed by atoms with Crippen LogP contribution in [0.15, 0.2) is 47.1 Å². The van der Waals surface area contributed by atoms with Crippen molar-refractivity contribution in [1.82, 2.24) is 15.2 Å². The highest BCUT2D eigenvalue weighted by molar-refractivity contribution is 9.10. The first-order valence-corrected chi connectivity index (χ1v) is 8.81. The predicted molar refractivity (Wildman–Crippen MR) is 111 cm³/mol. The number of carbonyl (C=O) groups excluding carboxylic acids is 1. The number of nitrogens with one attached hydrogen (secondary N) is 1. The van der Waals surface area contributed by atoms with Gasteiger partial charge in [0, 0.05) is 29.8 Å². The van der Waals surface area contributed by atoms with Crippen molar-refractivity contribution in [3.8, 4) is 11.6 Å². The molecule has 0 radical (unpaired) electrons. The molecule has 1 aromatic carbocycles. The van der Waals surface area contributed by atoms with Crippen LogP contribution in [-0.4, -0.2) is 42.0 Å². The summed E-state index contributed by atoms with van der Waals surface area (Å²) < 4.78 is 6.76. The fraction of sp³-hybridized carbons (Fsp3) is 0.333. The largest absolute Gasteiger partial charge is 0.438 e. The number of hydrogen-bond acceptors (Lipinski definition) is 4. The van der Waals surface area contributed by atoms with Crippen LogP contribution in [0.5, 0.6) is 11.6 Å². The molecule has 26 heavy (non-hydrogen) atoms. The number of benzene rings is 1. The number of pyridine rings is 1. The van der Waals surface area contributed by atoms with E-state index in [0.717, 1.165) is 23.9 Å². The molecule has 2 aromatic rings. The first-order chi connectivity index (χ1) is 11.7. The molecule has 1 aliphatic rings. The quantitative estimate of drug-likeness (QED) is 0.735. The third-order valence-electron chi connectivity index (χ3n) is 4.13. The molecule has 3 rings (SSSR count). The Kier molecular flexibility index (Phi) is 9.36. The number of piperidine rings is 1. The zero-order valence-corrected chi connectivity index (χ0v) is 17.6. The van der Waals surface area contributed by atoms with E-state index in [0.29, 0.717) is 29.8 Å². The summed E-state index contributed by atoms with van der Waals surface area (Å²) in [5, 5.41) is 3.25. The van der Waals surface area contributed by atoms with Gasteiger partial charge in [-0.2, -0.15) is 0 Å². The monoisotopic (exact) mass is 461 g/mol. The average Bonchev–Trinajstić information content (AvgIpc) is 2.62. The third kappa shape index (κ3) is 5.58. The van der Waals surface area contributed by atoms with E-state index >= 15 is 0 Å².